The standard InChI is InChI=1S/C12H20O4/c1-9(2)6-5-7-12(4,15)11(14)8-16-10(3)13/h6,15H,5,7-8H2,1-4H3/t12-/m0/s1. The van der Waals surface area contributed by atoms with Gasteiger partial charge in [-0.05, 0) is 33.6 Å². The van der Waals surface area contributed by atoms with Crippen LogP contribution in [0.2, 0.25) is 0 Å². The van der Waals surface area contributed by atoms with Gasteiger partial charge in [-0.1, -0.05) is 11.6 Å². The molecule has 0 aromatic heterocycles. The van der Waals surface area contributed by atoms with Crippen molar-refractivity contribution in [3.63, 3.8) is 0 Å². The molecule has 0 aromatic carbocycles. The molecule has 0 aliphatic rings. The first-order chi connectivity index (χ1) is 7.25. The minimum atomic E-state index is -1.43. The van der Waals surface area contributed by atoms with Crippen LogP contribution < -0.4 is 0 Å². The highest BCUT2D eigenvalue weighted by molar-refractivity contribution is 5.89. The van der Waals surface area contributed by atoms with Gasteiger partial charge < -0.3 is 9.84 Å². The summed E-state index contributed by atoms with van der Waals surface area (Å²) in [5, 5.41) is 9.84. The van der Waals surface area contributed by atoms with E-state index in [0.717, 1.165) is 5.57 Å². The quantitative estimate of drug-likeness (QED) is 0.554. The summed E-state index contributed by atoms with van der Waals surface area (Å²) in [6, 6.07) is 0. The fourth-order valence-corrected chi connectivity index (χ4v) is 1.10. The van der Waals surface area contributed by atoms with Gasteiger partial charge in [0.1, 0.15) is 5.60 Å². The highest BCUT2D eigenvalue weighted by Crippen LogP contribution is 2.15. The van der Waals surface area contributed by atoms with Crippen molar-refractivity contribution in [3.05, 3.63) is 11.6 Å². The van der Waals surface area contributed by atoms with Gasteiger partial charge in [0, 0.05) is 6.92 Å². The molecule has 0 spiro atoms. The molecule has 0 saturated heterocycles. The van der Waals surface area contributed by atoms with Crippen molar-refractivity contribution in [1.82, 2.24) is 0 Å². The van der Waals surface area contributed by atoms with E-state index in [-0.39, 0.29) is 6.61 Å². The minimum absolute atomic E-state index is 0.332. The number of ether oxygens (including phenoxy) is 1. The molecule has 92 valence electrons. The Bertz CT molecular complexity index is 285. The highest BCUT2D eigenvalue weighted by atomic mass is 16.5. The number of hydrogen-bond acceptors (Lipinski definition) is 4. The smallest absolute Gasteiger partial charge is 0.303 e. The summed E-state index contributed by atoms with van der Waals surface area (Å²) in [6.07, 6.45) is 2.91. The molecular formula is C12H20O4. The largest absolute Gasteiger partial charge is 0.458 e. The van der Waals surface area contributed by atoms with Crippen LogP contribution in [-0.4, -0.2) is 29.1 Å². The minimum Gasteiger partial charge on any atom is -0.458 e. The summed E-state index contributed by atoms with van der Waals surface area (Å²) in [5.41, 5.74) is -0.287. The second kappa shape index (κ2) is 6.43. The number of aliphatic hydroxyl groups is 1. The molecule has 0 fully saturated rings. The second-order valence-corrected chi connectivity index (χ2v) is 4.30. The van der Waals surface area contributed by atoms with E-state index in [1.54, 1.807) is 0 Å². The SMILES string of the molecule is CC(=O)OCC(=O)[C@@](C)(O)CCC=C(C)C. The lowest BCUT2D eigenvalue weighted by Crippen LogP contribution is -2.38. The fourth-order valence-electron chi connectivity index (χ4n) is 1.10. The number of carbonyl (C=O) groups is 2. The number of ketones is 1. The van der Waals surface area contributed by atoms with Crippen molar-refractivity contribution in [3.8, 4) is 0 Å². The molecule has 0 radical (unpaired) electrons. The average molecular weight is 228 g/mol. The molecule has 0 rings (SSSR count). The van der Waals surface area contributed by atoms with E-state index in [9.17, 15) is 14.7 Å². The van der Waals surface area contributed by atoms with Gasteiger partial charge in [-0.3, -0.25) is 9.59 Å². The summed E-state index contributed by atoms with van der Waals surface area (Å²) < 4.78 is 4.55. The third-order valence-corrected chi connectivity index (χ3v) is 2.19. The molecule has 1 N–H and O–H groups in total. The van der Waals surface area contributed by atoms with Gasteiger partial charge in [-0.25, -0.2) is 0 Å². The summed E-state index contributed by atoms with van der Waals surface area (Å²) in [6.45, 7) is 6.21. The first kappa shape index (κ1) is 14.8. The number of hydrogen-bond donors (Lipinski definition) is 1. The van der Waals surface area contributed by atoms with Crippen molar-refractivity contribution in [1.29, 1.82) is 0 Å². The van der Waals surface area contributed by atoms with Crippen LogP contribution in [0.3, 0.4) is 0 Å². The zero-order valence-electron chi connectivity index (χ0n) is 10.4. The zero-order valence-corrected chi connectivity index (χ0v) is 10.4. The van der Waals surface area contributed by atoms with E-state index in [0.29, 0.717) is 12.8 Å². The Kier molecular flexibility index (Phi) is 5.96. The summed E-state index contributed by atoms with van der Waals surface area (Å²) >= 11 is 0. The topological polar surface area (TPSA) is 63.6 Å². The maximum atomic E-state index is 11.5. The Labute approximate surface area is 96.3 Å². The Morgan fingerprint density at radius 3 is 2.31 bits per heavy atom. The van der Waals surface area contributed by atoms with Gasteiger partial charge in [0.05, 0.1) is 0 Å². The normalized spacial score (nSPS) is 13.8. The number of allylic oxidation sites excluding steroid dienone is 2. The van der Waals surface area contributed by atoms with Crippen molar-refractivity contribution < 1.29 is 19.4 Å². The molecule has 0 heterocycles. The van der Waals surface area contributed by atoms with Crippen LogP contribution in [0, 0.1) is 0 Å². The van der Waals surface area contributed by atoms with E-state index in [2.05, 4.69) is 4.74 Å². The van der Waals surface area contributed by atoms with Crippen molar-refractivity contribution in [2.45, 2.75) is 46.1 Å². The third-order valence-electron chi connectivity index (χ3n) is 2.19. The van der Waals surface area contributed by atoms with Crippen LogP contribution in [0.15, 0.2) is 11.6 Å². The van der Waals surface area contributed by atoms with E-state index in [1.807, 2.05) is 19.9 Å². The van der Waals surface area contributed by atoms with Crippen LogP contribution in [-0.2, 0) is 14.3 Å². The number of esters is 1. The molecule has 0 amide bonds. The molecule has 0 aromatic rings. The molecule has 0 aliphatic heterocycles. The second-order valence-electron chi connectivity index (χ2n) is 4.30. The van der Waals surface area contributed by atoms with Crippen LogP contribution in [0.5, 0.6) is 0 Å². The average Bonchev–Trinajstić information content (AvgIpc) is 2.12. The summed E-state index contributed by atoms with van der Waals surface area (Å²) in [5.74, 6) is -0.988. The molecule has 0 saturated carbocycles. The predicted octanol–water partition coefficient (Wildman–Crippen LogP) is 1.62. The lowest BCUT2D eigenvalue weighted by molar-refractivity contribution is -0.152. The van der Waals surface area contributed by atoms with Gasteiger partial charge in [-0.15, -0.1) is 0 Å². The molecule has 1 atom stereocenters. The first-order valence-corrected chi connectivity index (χ1v) is 5.28. The van der Waals surface area contributed by atoms with E-state index in [1.165, 1.54) is 13.8 Å². The number of Topliss-reactive ketones (excluding diaryl/α,β-unsaturated/α-hetero) is 1. The van der Waals surface area contributed by atoms with E-state index in [4.69, 9.17) is 0 Å². The highest BCUT2D eigenvalue weighted by Gasteiger charge is 2.29. The third kappa shape index (κ3) is 6.35. The molecule has 4 heteroatoms. The Balaban J connectivity index is 4.15. The fraction of sp³-hybridized carbons (Fsp3) is 0.667. The summed E-state index contributed by atoms with van der Waals surface area (Å²) in [4.78, 5) is 22.0. The number of rotatable bonds is 6. The van der Waals surface area contributed by atoms with Crippen LogP contribution in [0.4, 0.5) is 0 Å². The van der Waals surface area contributed by atoms with Gasteiger partial charge in [-0.2, -0.15) is 0 Å². The maximum absolute atomic E-state index is 11.5. The maximum Gasteiger partial charge on any atom is 0.303 e. The number of carbonyl (C=O) groups excluding carboxylic acids is 2. The molecule has 4 nitrogen and oxygen atoms in total. The molecule has 0 aliphatic carbocycles. The Morgan fingerprint density at radius 2 is 1.88 bits per heavy atom. The van der Waals surface area contributed by atoms with E-state index >= 15 is 0 Å². The predicted molar refractivity (Wildman–Crippen MR) is 60.9 cm³/mol. The lowest BCUT2D eigenvalue weighted by atomic mass is 9.95. The Morgan fingerprint density at radius 1 is 1.31 bits per heavy atom. The molecule has 16 heavy (non-hydrogen) atoms. The van der Waals surface area contributed by atoms with Gasteiger partial charge in [0.25, 0.3) is 0 Å². The monoisotopic (exact) mass is 228 g/mol. The molecule has 0 bridgehead atoms. The lowest BCUT2D eigenvalue weighted by Gasteiger charge is -2.20. The van der Waals surface area contributed by atoms with Crippen LogP contribution in [0.25, 0.3) is 0 Å². The Hall–Kier alpha value is -1.16. The molecular weight excluding hydrogens is 208 g/mol. The van der Waals surface area contributed by atoms with Gasteiger partial charge in [0.15, 0.2) is 6.61 Å². The van der Waals surface area contributed by atoms with Gasteiger partial charge >= 0.3 is 5.97 Å². The van der Waals surface area contributed by atoms with Crippen molar-refractivity contribution >= 4 is 11.8 Å². The molecule has 0 unspecified atom stereocenters. The van der Waals surface area contributed by atoms with Crippen LogP contribution in [0.1, 0.15) is 40.5 Å². The first-order valence-electron chi connectivity index (χ1n) is 5.28. The van der Waals surface area contributed by atoms with E-state index < -0.39 is 17.4 Å². The van der Waals surface area contributed by atoms with Crippen molar-refractivity contribution in [2.75, 3.05) is 6.61 Å². The van der Waals surface area contributed by atoms with Gasteiger partial charge in [0.2, 0.25) is 5.78 Å². The van der Waals surface area contributed by atoms with Crippen molar-refractivity contribution in [2.24, 2.45) is 0 Å². The van der Waals surface area contributed by atoms with Crippen LogP contribution >= 0.6 is 0 Å². The summed E-state index contributed by atoms with van der Waals surface area (Å²) in [7, 11) is 0. The zero-order chi connectivity index (χ0) is 12.8.